The number of ether oxygens (including phenoxy) is 2. The number of rotatable bonds is 6. The highest BCUT2D eigenvalue weighted by molar-refractivity contribution is 5.97. The summed E-state index contributed by atoms with van der Waals surface area (Å²) < 4.78 is 10.5. The maximum Gasteiger partial charge on any atom is 0.257 e. The van der Waals surface area contributed by atoms with Crippen LogP contribution >= 0.6 is 0 Å². The molecule has 0 unspecified atom stereocenters. The van der Waals surface area contributed by atoms with Crippen LogP contribution in [0.4, 0.5) is 0 Å². The normalized spacial score (nSPS) is 15.7. The molecule has 1 aromatic carbocycles. The molecule has 22 heavy (non-hydrogen) atoms. The summed E-state index contributed by atoms with van der Waals surface area (Å²) in [5.74, 6) is 2.02. The van der Waals surface area contributed by atoms with Crippen molar-refractivity contribution in [3.63, 3.8) is 0 Å². The van der Waals surface area contributed by atoms with E-state index in [4.69, 9.17) is 9.47 Å². The third kappa shape index (κ3) is 3.91. The molecule has 0 radical (unpaired) electrons. The Bertz CT molecular complexity index is 497. The predicted octanol–water partition coefficient (Wildman–Crippen LogP) is 2.17. The maximum absolute atomic E-state index is 12.7. The lowest BCUT2D eigenvalue weighted by molar-refractivity contribution is 0.0683. The molecule has 2 rings (SSSR count). The van der Waals surface area contributed by atoms with E-state index < -0.39 is 0 Å². The minimum Gasteiger partial charge on any atom is -0.497 e. The molecule has 1 aliphatic rings. The Morgan fingerprint density at radius 3 is 2.59 bits per heavy atom. The van der Waals surface area contributed by atoms with E-state index in [1.165, 1.54) is 6.42 Å². The topological polar surface area (TPSA) is 50.8 Å². The molecule has 1 saturated heterocycles. The van der Waals surface area contributed by atoms with E-state index in [9.17, 15) is 4.79 Å². The highest BCUT2D eigenvalue weighted by Crippen LogP contribution is 2.27. The Hall–Kier alpha value is -1.75. The molecule has 1 heterocycles. The van der Waals surface area contributed by atoms with Gasteiger partial charge >= 0.3 is 0 Å². The number of amides is 1. The van der Waals surface area contributed by atoms with Gasteiger partial charge in [-0.1, -0.05) is 0 Å². The Kier molecular flexibility index (Phi) is 6.07. The average molecular weight is 306 g/mol. The standard InChI is InChI=1S/C17H26N2O3/c1-18-9-6-13-7-10-19(11-8-13)17(20)15-12-14(21-2)4-5-16(15)22-3/h4-5,12-13,18H,6-11H2,1-3H3. The first-order chi connectivity index (χ1) is 10.7. The minimum absolute atomic E-state index is 0.0304. The second-order valence-corrected chi connectivity index (χ2v) is 5.69. The number of piperidine rings is 1. The summed E-state index contributed by atoms with van der Waals surface area (Å²) in [6.07, 6.45) is 3.32. The molecule has 1 aliphatic heterocycles. The van der Waals surface area contributed by atoms with Gasteiger partial charge in [0.15, 0.2) is 0 Å². The fourth-order valence-corrected chi connectivity index (χ4v) is 2.92. The lowest BCUT2D eigenvalue weighted by Gasteiger charge is -2.32. The molecule has 122 valence electrons. The number of likely N-dealkylation sites (tertiary alicyclic amines) is 1. The molecule has 1 N–H and O–H groups in total. The zero-order valence-corrected chi connectivity index (χ0v) is 13.7. The Labute approximate surface area is 132 Å². The van der Waals surface area contributed by atoms with E-state index in [1.807, 2.05) is 11.9 Å². The number of hydrogen-bond acceptors (Lipinski definition) is 4. The molecule has 0 aromatic heterocycles. The Morgan fingerprint density at radius 2 is 2.00 bits per heavy atom. The zero-order valence-electron chi connectivity index (χ0n) is 13.7. The summed E-state index contributed by atoms with van der Waals surface area (Å²) in [4.78, 5) is 14.7. The van der Waals surface area contributed by atoms with Gasteiger partial charge in [-0.15, -0.1) is 0 Å². The fourth-order valence-electron chi connectivity index (χ4n) is 2.92. The highest BCUT2D eigenvalue weighted by atomic mass is 16.5. The van der Waals surface area contributed by atoms with Crippen molar-refractivity contribution in [1.82, 2.24) is 10.2 Å². The lowest BCUT2D eigenvalue weighted by Crippen LogP contribution is -2.39. The molecular formula is C17H26N2O3. The van der Waals surface area contributed by atoms with Gasteiger partial charge < -0.3 is 19.7 Å². The van der Waals surface area contributed by atoms with Crippen molar-refractivity contribution in [2.75, 3.05) is 40.9 Å². The Morgan fingerprint density at radius 1 is 1.27 bits per heavy atom. The van der Waals surface area contributed by atoms with Crippen molar-refractivity contribution in [2.45, 2.75) is 19.3 Å². The van der Waals surface area contributed by atoms with Gasteiger partial charge in [-0.05, 0) is 57.0 Å². The van der Waals surface area contributed by atoms with Crippen LogP contribution in [0.25, 0.3) is 0 Å². The number of carbonyl (C=O) groups is 1. The van der Waals surface area contributed by atoms with E-state index in [1.54, 1.807) is 32.4 Å². The molecule has 0 bridgehead atoms. The molecule has 1 fully saturated rings. The molecule has 5 nitrogen and oxygen atoms in total. The number of nitrogens with one attached hydrogen (secondary N) is 1. The first kappa shape index (κ1) is 16.6. The maximum atomic E-state index is 12.7. The van der Waals surface area contributed by atoms with Gasteiger partial charge in [0.1, 0.15) is 11.5 Å². The van der Waals surface area contributed by atoms with Crippen LogP contribution in [0.3, 0.4) is 0 Å². The smallest absolute Gasteiger partial charge is 0.257 e. The molecular weight excluding hydrogens is 280 g/mol. The molecule has 5 heteroatoms. The van der Waals surface area contributed by atoms with Crippen LogP contribution in [-0.2, 0) is 0 Å². The fraction of sp³-hybridized carbons (Fsp3) is 0.588. The monoisotopic (exact) mass is 306 g/mol. The number of nitrogens with zero attached hydrogens (tertiary/aromatic N) is 1. The van der Waals surface area contributed by atoms with Crippen LogP contribution in [0.5, 0.6) is 11.5 Å². The summed E-state index contributed by atoms with van der Waals surface area (Å²) in [5, 5.41) is 3.19. The molecule has 0 aliphatic carbocycles. The SMILES string of the molecule is CNCCC1CCN(C(=O)c2cc(OC)ccc2OC)CC1. The quantitative estimate of drug-likeness (QED) is 0.875. The lowest BCUT2D eigenvalue weighted by atomic mass is 9.93. The molecule has 0 saturated carbocycles. The van der Waals surface area contributed by atoms with Crippen molar-refractivity contribution in [3.8, 4) is 11.5 Å². The van der Waals surface area contributed by atoms with E-state index in [2.05, 4.69) is 5.32 Å². The van der Waals surface area contributed by atoms with Gasteiger partial charge in [-0.2, -0.15) is 0 Å². The van der Waals surface area contributed by atoms with Crippen molar-refractivity contribution in [1.29, 1.82) is 0 Å². The summed E-state index contributed by atoms with van der Waals surface area (Å²) in [6.45, 7) is 2.67. The Balaban J connectivity index is 2.03. The number of methoxy groups -OCH3 is 2. The van der Waals surface area contributed by atoms with Crippen LogP contribution in [0.2, 0.25) is 0 Å². The van der Waals surface area contributed by atoms with E-state index in [0.717, 1.165) is 32.5 Å². The van der Waals surface area contributed by atoms with Gasteiger partial charge in [0, 0.05) is 13.1 Å². The summed E-state index contributed by atoms with van der Waals surface area (Å²) in [7, 11) is 5.17. The van der Waals surface area contributed by atoms with Gasteiger partial charge in [-0.25, -0.2) is 0 Å². The first-order valence-corrected chi connectivity index (χ1v) is 7.85. The van der Waals surface area contributed by atoms with Crippen molar-refractivity contribution in [3.05, 3.63) is 23.8 Å². The second kappa shape index (κ2) is 8.03. The summed E-state index contributed by atoms with van der Waals surface area (Å²) in [6, 6.07) is 5.35. The number of hydrogen-bond donors (Lipinski definition) is 1. The van der Waals surface area contributed by atoms with Gasteiger partial charge in [0.2, 0.25) is 0 Å². The summed E-state index contributed by atoms with van der Waals surface area (Å²) in [5.41, 5.74) is 0.579. The van der Waals surface area contributed by atoms with Gasteiger partial charge in [0.25, 0.3) is 5.91 Å². The van der Waals surface area contributed by atoms with Crippen molar-refractivity contribution >= 4 is 5.91 Å². The van der Waals surface area contributed by atoms with Crippen molar-refractivity contribution in [2.24, 2.45) is 5.92 Å². The third-order valence-corrected chi connectivity index (χ3v) is 4.34. The molecule has 1 amide bonds. The van der Waals surface area contributed by atoms with Gasteiger partial charge in [-0.3, -0.25) is 4.79 Å². The van der Waals surface area contributed by atoms with E-state index in [0.29, 0.717) is 23.0 Å². The largest absolute Gasteiger partial charge is 0.497 e. The molecule has 1 aromatic rings. The predicted molar refractivity (Wildman–Crippen MR) is 86.7 cm³/mol. The second-order valence-electron chi connectivity index (χ2n) is 5.69. The van der Waals surface area contributed by atoms with Crippen LogP contribution < -0.4 is 14.8 Å². The van der Waals surface area contributed by atoms with E-state index >= 15 is 0 Å². The molecule has 0 spiro atoms. The van der Waals surface area contributed by atoms with Crippen LogP contribution in [0.1, 0.15) is 29.6 Å². The van der Waals surface area contributed by atoms with Gasteiger partial charge in [0.05, 0.1) is 19.8 Å². The number of benzene rings is 1. The van der Waals surface area contributed by atoms with Crippen LogP contribution in [-0.4, -0.2) is 51.7 Å². The minimum atomic E-state index is 0.0304. The average Bonchev–Trinajstić information content (AvgIpc) is 2.59. The van der Waals surface area contributed by atoms with Crippen molar-refractivity contribution < 1.29 is 14.3 Å². The highest BCUT2D eigenvalue weighted by Gasteiger charge is 2.25. The third-order valence-electron chi connectivity index (χ3n) is 4.34. The number of carbonyl (C=O) groups excluding carboxylic acids is 1. The summed E-state index contributed by atoms with van der Waals surface area (Å²) >= 11 is 0. The van der Waals surface area contributed by atoms with Crippen LogP contribution in [0, 0.1) is 5.92 Å². The van der Waals surface area contributed by atoms with E-state index in [-0.39, 0.29) is 5.91 Å². The first-order valence-electron chi connectivity index (χ1n) is 7.85. The van der Waals surface area contributed by atoms with Crippen LogP contribution in [0.15, 0.2) is 18.2 Å². The zero-order chi connectivity index (χ0) is 15.9. The molecule has 0 atom stereocenters.